The molecule has 2 aromatic heterocycles. The first-order valence-electron chi connectivity index (χ1n) is 10.1. The summed E-state index contributed by atoms with van der Waals surface area (Å²) in [5, 5.41) is 0. The van der Waals surface area contributed by atoms with Crippen LogP contribution >= 0.6 is 0 Å². The lowest BCUT2D eigenvalue weighted by Gasteiger charge is -2.23. The van der Waals surface area contributed by atoms with Crippen LogP contribution < -0.4 is 4.74 Å². The van der Waals surface area contributed by atoms with Gasteiger partial charge < -0.3 is 18.9 Å². The monoisotopic (exact) mass is 408 g/mol. The van der Waals surface area contributed by atoms with Gasteiger partial charge in [-0.2, -0.15) is 0 Å². The van der Waals surface area contributed by atoms with E-state index >= 15 is 0 Å². The molecule has 0 aliphatic rings. The summed E-state index contributed by atoms with van der Waals surface area (Å²) in [5.74, 6) is 0.143. The van der Waals surface area contributed by atoms with Gasteiger partial charge in [-0.1, -0.05) is 18.2 Å². The van der Waals surface area contributed by atoms with Gasteiger partial charge in [-0.3, -0.25) is 9.59 Å². The van der Waals surface area contributed by atoms with Gasteiger partial charge in [0.2, 0.25) is 5.91 Å². The van der Waals surface area contributed by atoms with E-state index in [1.807, 2.05) is 55.8 Å². The fraction of sp³-hybridized carbons (Fsp3) is 0.348. The molecule has 0 saturated carbocycles. The first-order valence-corrected chi connectivity index (χ1v) is 10.1. The Labute approximate surface area is 176 Å². The number of aryl methyl sites for hydroxylation is 1. The van der Waals surface area contributed by atoms with Gasteiger partial charge in [-0.25, -0.2) is 4.98 Å². The summed E-state index contributed by atoms with van der Waals surface area (Å²) in [4.78, 5) is 33.0. The van der Waals surface area contributed by atoms with Gasteiger partial charge in [0.15, 0.2) is 0 Å². The van der Waals surface area contributed by atoms with Gasteiger partial charge >= 0.3 is 0 Å². The first-order chi connectivity index (χ1) is 14.4. The van der Waals surface area contributed by atoms with Crippen LogP contribution in [0.25, 0.3) is 5.65 Å². The predicted molar refractivity (Wildman–Crippen MR) is 116 cm³/mol. The van der Waals surface area contributed by atoms with E-state index in [2.05, 4.69) is 4.98 Å². The first kappa shape index (κ1) is 21.4. The summed E-state index contributed by atoms with van der Waals surface area (Å²) in [7, 11) is 1.63. The zero-order valence-electron chi connectivity index (χ0n) is 18.0. The fourth-order valence-corrected chi connectivity index (χ4v) is 3.35. The van der Waals surface area contributed by atoms with Crippen LogP contribution in [-0.2, 0) is 11.4 Å². The zero-order chi connectivity index (χ0) is 21.7. The van der Waals surface area contributed by atoms with Crippen molar-refractivity contribution in [3.63, 3.8) is 0 Å². The van der Waals surface area contributed by atoms with Gasteiger partial charge in [0.05, 0.1) is 17.8 Å². The average Bonchev–Trinajstić information content (AvgIpc) is 3.17. The minimum absolute atomic E-state index is 0.0283. The molecule has 0 atom stereocenters. The predicted octanol–water partition coefficient (Wildman–Crippen LogP) is 3.16. The van der Waals surface area contributed by atoms with Crippen molar-refractivity contribution >= 4 is 17.5 Å². The summed E-state index contributed by atoms with van der Waals surface area (Å²) in [6.07, 6.45) is 3.86. The smallest absolute Gasteiger partial charge is 0.257 e. The Morgan fingerprint density at radius 3 is 2.53 bits per heavy atom. The number of benzene rings is 1. The summed E-state index contributed by atoms with van der Waals surface area (Å²) < 4.78 is 7.90. The van der Waals surface area contributed by atoms with Crippen molar-refractivity contribution < 1.29 is 14.3 Å². The number of aromatic nitrogens is 2. The summed E-state index contributed by atoms with van der Waals surface area (Å²) in [6.45, 7) is 7.37. The number of hydrogen-bond acceptors (Lipinski definition) is 4. The van der Waals surface area contributed by atoms with Crippen LogP contribution in [0.2, 0.25) is 0 Å². The Balaban J connectivity index is 1.72. The van der Waals surface area contributed by atoms with E-state index in [-0.39, 0.29) is 25.0 Å². The molecule has 158 valence electrons. The normalized spacial score (nSPS) is 10.8. The summed E-state index contributed by atoms with van der Waals surface area (Å²) >= 11 is 0. The lowest BCUT2D eigenvalue weighted by molar-refractivity contribution is -0.131. The third kappa shape index (κ3) is 4.62. The number of ether oxygens (including phenoxy) is 1. The molecule has 7 nitrogen and oxygen atoms in total. The molecular formula is C23H28N4O3. The molecule has 0 spiro atoms. The van der Waals surface area contributed by atoms with Gasteiger partial charge in [0.25, 0.3) is 5.91 Å². The lowest BCUT2D eigenvalue weighted by Crippen LogP contribution is -2.41. The molecule has 0 unspecified atom stereocenters. The Bertz CT molecular complexity index is 1040. The van der Waals surface area contributed by atoms with Crippen molar-refractivity contribution in [3.8, 4) is 5.75 Å². The largest absolute Gasteiger partial charge is 0.486 e. The number of likely N-dealkylation sites (N-methyl/N-ethyl adjacent to an activating group) is 2. The van der Waals surface area contributed by atoms with Crippen LogP contribution in [0.1, 0.15) is 35.5 Å². The lowest BCUT2D eigenvalue weighted by atomic mass is 10.1. The number of rotatable bonds is 8. The topological polar surface area (TPSA) is 67.2 Å². The molecule has 0 fully saturated rings. The van der Waals surface area contributed by atoms with Crippen LogP contribution in [0.3, 0.4) is 0 Å². The van der Waals surface area contributed by atoms with Crippen LogP contribution in [-0.4, -0.2) is 57.7 Å². The second-order valence-electron chi connectivity index (χ2n) is 7.17. The average molecular weight is 409 g/mol. The molecular weight excluding hydrogens is 380 g/mol. The van der Waals surface area contributed by atoms with Gasteiger partial charge in [-0.15, -0.1) is 0 Å². The Hall–Kier alpha value is -3.35. The number of pyridine rings is 1. The third-order valence-electron chi connectivity index (χ3n) is 5.06. The Morgan fingerprint density at radius 2 is 1.83 bits per heavy atom. The second-order valence-corrected chi connectivity index (χ2v) is 7.17. The number of carbonyl (C=O) groups is 2. The molecule has 0 saturated heterocycles. The van der Waals surface area contributed by atoms with Crippen LogP contribution in [0, 0.1) is 6.92 Å². The van der Waals surface area contributed by atoms with E-state index in [1.165, 1.54) is 4.90 Å². The Kier molecular flexibility index (Phi) is 6.72. The van der Waals surface area contributed by atoms with Crippen LogP contribution in [0.5, 0.6) is 5.75 Å². The molecule has 0 N–H and O–H groups in total. The van der Waals surface area contributed by atoms with Crippen molar-refractivity contribution in [2.24, 2.45) is 0 Å². The molecule has 0 radical (unpaired) electrons. The van der Waals surface area contributed by atoms with Crippen LogP contribution in [0.4, 0.5) is 0 Å². The second kappa shape index (κ2) is 9.43. The van der Waals surface area contributed by atoms with Crippen molar-refractivity contribution in [3.05, 3.63) is 65.6 Å². The van der Waals surface area contributed by atoms with E-state index in [9.17, 15) is 9.59 Å². The van der Waals surface area contributed by atoms with Crippen LogP contribution in [0.15, 0.2) is 48.8 Å². The third-order valence-corrected chi connectivity index (χ3v) is 5.06. The van der Waals surface area contributed by atoms with E-state index in [0.29, 0.717) is 24.4 Å². The highest BCUT2D eigenvalue weighted by atomic mass is 16.5. The molecule has 3 aromatic rings. The molecule has 7 heteroatoms. The molecule has 3 rings (SSSR count). The van der Waals surface area contributed by atoms with Gasteiger partial charge in [-0.05, 0) is 44.5 Å². The van der Waals surface area contributed by atoms with E-state index < -0.39 is 0 Å². The van der Waals surface area contributed by atoms with Crippen molar-refractivity contribution in [1.82, 2.24) is 19.2 Å². The maximum atomic E-state index is 13.0. The highest BCUT2D eigenvalue weighted by Gasteiger charge is 2.20. The zero-order valence-corrected chi connectivity index (χ0v) is 18.0. The van der Waals surface area contributed by atoms with Crippen molar-refractivity contribution in [2.75, 3.05) is 26.7 Å². The van der Waals surface area contributed by atoms with Gasteiger partial charge in [0.1, 0.15) is 18.0 Å². The highest BCUT2D eigenvalue weighted by molar-refractivity contribution is 5.98. The maximum absolute atomic E-state index is 13.0. The molecule has 0 aliphatic carbocycles. The molecule has 2 amide bonds. The summed E-state index contributed by atoms with van der Waals surface area (Å²) in [6, 6.07) is 11.1. The maximum Gasteiger partial charge on any atom is 0.257 e. The highest BCUT2D eigenvalue weighted by Crippen LogP contribution is 2.21. The fourth-order valence-electron chi connectivity index (χ4n) is 3.35. The number of amides is 2. The SMILES string of the molecule is CCN(CC)C(=O)CN(C)C(=O)c1ccccc1OCc1cn2cccc(C)c2n1. The molecule has 2 heterocycles. The quantitative estimate of drug-likeness (QED) is 0.574. The Morgan fingerprint density at radius 1 is 1.10 bits per heavy atom. The minimum Gasteiger partial charge on any atom is -0.486 e. The number of nitrogens with zero attached hydrogens (tertiary/aromatic N) is 4. The molecule has 1 aromatic carbocycles. The number of para-hydroxylation sites is 1. The number of carbonyl (C=O) groups excluding carboxylic acids is 2. The minimum atomic E-state index is -0.253. The van der Waals surface area contributed by atoms with E-state index in [1.54, 1.807) is 30.1 Å². The number of hydrogen-bond donors (Lipinski definition) is 0. The van der Waals surface area contributed by atoms with E-state index in [0.717, 1.165) is 16.9 Å². The number of fused-ring (bicyclic) bond motifs is 1. The molecule has 0 bridgehead atoms. The van der Waals surface area contributed by atoms with Crippen molar-refractivity contribution in [1.29, 1.82) is 0 Å². The molecule has 30 heavy (non-hydrogen) atoms. The van der Waals surface area contributed by atoms with Gasteiger partial charge in [0, 0.05) is 32.5 Å². The summed E-state index contributed by atoms with van der Waals surface area (Å²) in [5.41, 5.74) is 3.16. The van der Waals surface area contributed by atoms with Crippen molar-refractivity contribution in [2.45, 2.75) is 27.4 Å². The standard InChI is InChI=1S/C23H28N4O3/c1-5-26(6-2)21(28)15-25(4)23(29)19-11-7-8-12-20(19)30-16-18-14-27-13-9-10-17(3)22(27)24-18/h7-14H,5-6,15-16H2,1-4H3. The molecule has 0 aliphatic heterocycles. The van der Waals surface area contributed by atoms with E-state index in [4.69, 9.17) is 4.74 Å². The number of imidazole rings is 1.